The van der Waals surface area contributed by atoms with Gasteiger partial charge in [-0.2, -0.15) is 0 Å². The molecule has 3 nitrogen and oxygen atoms in total. The Morgan fingerprint density at radius 1 is 1.42 bits per heavy atom. The molecular formula is C8H13ClN2O. The number of aromatic amines is 1. The molecule has 1 N–H and O–H groups in total. The van der Waals surface area contributed by atoms with Crippen molar-refractivity contribution in [1.29, 1.82) is 0 Å². The fourth-order valence-corrected chi connectivity index (χ4v) is 1.25. The van der Waals surface area contributed by atoms with Gasteiger partial charge in [-0.3, -0.25) is 14.6 Å². The average molecular weight is 189 g/mol. The van der Waals surface area contributed by atoms with Crippen molar-refractivity contribution in [2.75, 3.05) is 5.88 Å². The minimum atomic E-state index is -0.0349. The first-order valence-electron chi connectivity index (χ1n) is 4.14. The van der Waals surface area contributed by atoms with E-state index in [1.165, 1.54) is 6.07 Å². The molecule has 0 saturated carbocycles. The SMILES string of the molecule is O=c1ccn(CCCCCCl)[nH]1. The molecule has 0 aliphatic carbocycles. The Morgan fingerprint density at radius 3 is 2.83 bits per heavy atom. The largest absolute Gasteiger partial charge is 0.292 e. The van der Waals surface area contributed by atoms with Crippen LogP contribution >= 0.6 is 11.6 Å². The molecule has 1 rings (SSSR count). The van der Waals surface area contributed by atoms with E-state index in [-0.39, 0.29) is 5.56 Å². The van der Waals surface area contributed by atoms with Crippen LogP contribution in [0.15, 0.2) is 17.1 Å². The van der Waals surface area contributed by atoms with Crippen molar-refractivity contribution >= 4 is 11.6 Å². The minimum absolute atomic E-state index is 0.0349. The molecule has 0 atom stereocenters. The summed E-state index contributed by atoms with van der Waals surface area (Å²) >= 11 is 5.52. The highest BCUT2D eigenvalue weighted by Crippen LogP contribution is 1.98. The van der Waals surface area contributed by atoms with E-state index < -0.39 is 0 Å². The van der Waals surface area contributed by atoms with Gasteiger partial charge in [0.15, 0.2) is 0 Å². The lowest BCUT2D eigenvalue weighted by molar-refractivity contribution is 0.551. The molecule has 0 bridgehead atoms. The summed E-state index contributed by atoms with van der Waals surface area (Å²) in [5.74, 6) is 0.724. The van der Waals surface area contributed by atoms with Crippen LogP contribution in [0.1, 0.15) is 19.3 Å². The maximum absolute atomic E-state index is 10.7. The molecule has 0 saturated heterocycles. The number of hydrogen-bond donors (Lipinski definition) is 1. The molecule has 0 spiro atoms. The molecule has 0 aliphatic heterocycles. The van der Waals surface area contributed by atoms with Gasteiger partial charge in [0.2, 0.25) is 0 Å². The molecule has 4 heteroatoms. The molecular weight excluding hydrogens is 176 g/mol. The number of nitrogens with one attached hydrogen (secondary N) is 1. The molecule has 0 radical (unpaired) electrons. The van der Waals surface area contributed by atoms with Crippen LogP contribution in [0.2, 0.25) is 0 Å². The zero-order valence-electron chi connectivity index (χ0n) is 6.92. The molecule has 0 aliphatic rings. The number of nitrogens with zero attached hydrogens (tertiary/aromatic N) is 1. The first kappa shape index (κ1) is 9.39. The second-order valence-corrected chi connectivity index (χ2v) is 3.11. The minimum Gasteiger partial charge on any atom is -0.292 e. The van der Waals surface area contributed by atoms with Crippen molar-refractivity contribution in [1.82, 2.24) is 9.78 Å². The van der Waals surface area contributed by atoms with Crippen molar-refractivity contribution in [3.63, 3.8) is 0 Å². The van der Waals surface area contributed by atoms with E-state index in [9.17, 15) is 4.79 Å². The Balaban J connectivity index is 2.20. The van der Waals surface area contributed by atoms with Gasteiger partial charge in [-0.1, -0.05) is 6.42 Å². The topological polar surface area (TPSA) is 37.8 Å². The number of unbranched alkanes of at least 4 members (excludes halogenated alkanes) is 2. The zero-order chi connectivity index (χ0) is 8.81. The number of rotatable bonds is 5. The normalized spacial score (nSPS) is 10.4. The van der Waals surface area contributed by atoms with Crippen LogP contribution in [0, 0.1) is 0 Å². The molecule has 68 valence electrons. The average Bonchev–Trinajstić information content (AvgIpc) is 2.45. The van der Waals surface area contributed by atoms with Crippen molar-refractivity contribution < 1.29 is 0 Å². The smallest absolute Gasteiger partial charge is 0.264 e. The molecule has 0 amide bonds. The van der Waals surface area contributed by atoms with Crippen molar-refractivity contribution in [3.05, 3.63) is 22.6 Å². The van der Waals surface area contributed by atoms with E-state index >= 15 is 0 Å². The molecule has 12 heavy (non-hydrogen) atoms. The third-order valence-corrected chi connectivity index (χ3v) is 1.96. The van der Waals surface area contributed by atoms with Crippen molar-refractivity contribution in [2.24, 2.45) is 0 Å². The summed E-state index contributed by atoms with van der Waals surface area (Å²) in [6.45, 7) is 0.874. The molecule has 1 aromatic heterocycles. The lowest BCUT2D eigenvalue weighted by atomic mass is 10.2. The number of alkyl halides is 1. The first-order chi connectivity index (χ1) is 5.83. The summed E-state index contributed by atoms with van der Waals surface area (Å²) in [7, 11) is 0. The quantitative estimate of drug-likeness (QED) is 0.553. The van der Waals surface area contributed by atoms with E-state index in [4.69, 9.17) is 11.6 Å². The Labute approximate surface area is 76.3 Å². The van der Waals surface area contributed by atoms with Gasteiger partial charge in [0.05, 0.1) is 0 Å². The second kappa shape index (κ2) is 5.04. The maximum Gasteiger partial charge on any atom is 0.264 e. The van der Waals surface area contributed by atoms with Crippen molar-refractivity contribution in [2.45, 2.75) is 25.8 Å². The maximum atomic E-state index is 10.7. The Hall–Kier alpha value is -0.700. The van der Waals surface area contributed by atoms with Gasteiger partial charge in [0.1, 0.15) is 0 Å². The van der Waals surface area contributed by atoms with Crippen LogP contribution in [0.3, 0.4) is 0 Å². The fourth-order valence-electron chi connectivity index (χ4n) is 1.06. The van der Waals surface area contributed by atoms with Gasteiger partial charge in [-0.05, 0) is 12.8 Å². The molecule has 1 aromatic rings. The van der Waals surface area contributed by atoms with Gasteiger partial charge in [0.25, 0.3) is 5.56 Å². The number of aryl methyl sites for hydroxylation is 1. The zero-order valence-corrected chi connectivity index (χ0v) is 7.68. The number of aromatic nitrogens is 2. The van der Waals surface area contributed by atoms with Gasteiger partial charge in [0, 0.05) is 24.7 Å². The van der Waals surface area contributed by atoms with E-state index in [0.717, 1.165) is 31.7 Å². The van der Waals surface area contributed by atoms with Crippen LogP contribution in [0.25, 0.3) is 0 Å². The third-order valence-electron chi connectivity index (χ3n) is 1.69. The molecule has 0 fully saturated rings. The van der Waals surface area contributed by atoms with Gasteiger partial charge < -0.3 is 0 Å². The Bertz CT molecular complexity index is 266. The summed E-state index contributed by atoms with van der Waals surface area (Å²) in [6.07, 6.45) is 5.00. The summed E-state index contributed by atoms with van der Waals surface area (Å²) in [5, 5.41) is 2.68. The predicted molar refractivity (Wildman–Crippen MR) is 49.6 cm³/mol. The third kappa shape index (κ3) is 3.13. The van der Waals surface area contributed by atoms with Crippen molar-refractivity contribution in [3.8, 4) is 0 Å². The van der Waals surface area contributed by atoms with E-state index in [0.29, 0.717) is 0 Å². The highest BCUT2D eigenvalue weighted by molar-refractivity contribution is 6.17. The van der Waals surface area contributed by atoms with Crippen LogP contribution in [-0.4, -0.2) is 15.7 Å². The van der Waals surface area contributed by atoms with Crippen LogP contribution in [0.4, 0.5) is 0 Å². The van der Waals surface area contributed by atoms with Gasteiger partial charge in [-0.25, -0.2) is 0 Å². The second-order valence-electron chi connectivity index (χ2n) is 2.73. The van der Waals surface area contributed by atoms with Crippen LogP contribution < -0.4 is 5.56 Å². The Kier molecular flexibility index (Phi) is 3.94. The fraction of sp³-hybridized carbons (Fsp3) is 0.625. The summed E-state index contributed by atoms with van der Waals surface area (Å²) in [4.78, 5) is 10.7. The summed E-state index contributed by atoms with van der Waals surface area (Å²) in [5.41, 5.74) is -0.0349. The predicted octanol–water partition coefficient (Wildman–Crippen LogP) is 1.59. The summed E-state index contributed by atoms with van der Waals surface area (Å²) < 4.78 is 1.80. The molecule has 1 heterocycles. The molecule has 0 unspecified atom stereocenters. The number of hydrogen-bond acceptors (Lipinski definition) is 1. The van der Waals surface area contributed by atoms with Gasteiger partial charge >= 0.3 is 0 Å². The van der Waals surface area contributed by atoms with E-state index in [1.807, 2.05) is 0 Å². The van der Waals surface area contributed by atoms with E-state index in [1.54, 1.807) is 10.9 Å². The van der Waals surface area contributed by atoms with E-state index in [2.05, 4.69) is 5.10 Å². The van der Waals surface area contributed by atoms with Crippen LogP contribution in [-0.2, 0) is 6.54 Å². The lowest BCUT2D eigenvalue weighted by Gasteiger charge is -2.00. The highest BCUT2D eigenvalue weighted by Gasteiger charge is 1.91. The van der Waals surface area contributed by atoms with Gasteiger partial charge in [-0.15, -0.1) is 11.6 Å². The number of halogens is 1. The first-order valence-corrected chi connectivity index (χ1v) is 4.68. The summed E-state index contributed by atoms with van der Waals surface area (Å²) in [6, 6.07) is 1.53. The number of H-pyrrole nitrogens is 1. The standard InChI is InChI=1S/C8H13ClN2O/c9-5-2-1-3-6-11-7-4-8(12)10-11/h4,7H,1-3,5-6H2,(H,10,12). The van der Waals surface area contributed by atoms with Crippen LogP contribution in [0.5, 0.6) is 0 Å². The monoisotopic (exact) mass is 188 g/mol. The highest BCUT2D eigenvalue weighted by atomic mass is 35.5. The Morgan fingerprint density at radius 2 is 2.25 bits per heavy atom. The lowest BCUT2D eigenvalue weighted by Crippen LogP contribution is -2.05. The molecule has 0 aromatic carbocycles.